The molecule has 2 aromatic rings. The number of piperidine rings is 1. The third-order valence-electron chi connectivity index (χ3n) is 5.19. The molecule has 154 valence electrons. The Bertz CT molecular complexity index is 812. The van der Waals surface area contributed by atoms with Crippen molar-refractivity contribution >= 4 is 17.7 Å². The van der Waals surface area contributed by atoms with E-state index in [0.717, 1.165) is 12.0 Å². The molecule has 1 atom stereocenters. The molecule has 0 bridgehead atoms. The predicted octanol–water partition coefficient (Wildman–Crippen LogP) is 2.14. The van der Waals surface area contributed by atoms with E-state index >= 15 is 0 Å². The highest BCUT2D eigenvalue weighted by molar-refractivity contribution is 5.97. The summed E-state index contributed by atoms with van der Waals surface area (Å²) in [5.41, 5.74) is 1.54. The second kappa shape index (κ2) is 9.91. The van der Waals surface area contributed by atoms with Crippen molar-refractivity contribution < 1.29 is 18.8 Å². The van der Waals surface area contributed by atoms with Gasteiger partial charge in [-0.1, -0.05) is 30.3 Å². The number of furan rings is 1. The van der Waals surface area contributed by atoms with E-state index in [0.29, 0.717) is 37.9 Å². The van der Waals surface area contributed by atoms with Gasteiger partial charge in [-0.15, -0.1) is 0 Å². The highest BCUT2D eigenvalue weighted by atomic mass is 16.3. The Morgan fingerprint density at radius 1 is 1.14 bits per heavy atom. The molecule has 1 fully saturated rings. The number of aryl methyl sites for hydroxylation is 1. The topological polar surface area (TPSA) is 91.7 Å². The van der Waals surface area contributed by atoms with Crippen molar-refractivity contribution in [2.24, 2.45) is 0 Å². The van der Waals surface area contributed by atoms with Crippen LogP contribution in [0.15, 0.2) is 53.3 Å². The van der Waals surface area contributed by atoms with Crippen LogP contribution in [-0.2, 0) is 16.0 Å². The van der Waals surface area contributed by atoms with E-state index in [1.165, 1.54) is 12.5 Å². The second-order valence-corrected chi connectivity index (χ2v) is 7.36. The molecule has 1 aliphatic rings. The lowest BCUT2D eigenvalue weighted by Gasteiger charge is -2.33. The van der Waals surface area contributed by atoms with Gasteiger partial charge in [0.05, 0.1) is 11.8 Å². The monoisotopic (exact) mass is 397 g/mol. The van der Waals surface area contributed by atoms with Crippen LogP contribution >= 0.6 is 0 Å². The summed E-state index contributed by atoms with van der Waals surface area (Å²) in [5.74, 6) is -0.421. The minimum absolute atomic E-state index is 0.00829. The molecule has 1 aliphatic heterocycles. The van der Waals surface area contributed by atoms with Crippen LogP contribution in [0.25, 0.3) is 0 Å². The summed E-state index contributed by atoms with van der Waals surface area (Å²) < 4.78 is 4.88. The lowest BCUT2D eigenvalue weighted by Crippen LogP contribution is -2.51. The molecule has 0 saturated carbocycles. The summed E-state index contributed by atoms with van der Waals surface area (Å²) in [7, 11) is 0. The minimum Gasteiger partial charge on any atom is -0.472 e. The van der Waals surface area contributed by atoms with Gasteiger partial charge in [0.25, 0.3) is 5.91 Å². The molecular formula is C22H27N3O4. The van der Waals surface area contributed by atoms with Crippen LogP contribution in [0, 0.1) is 0 Å². The van der Waals surface area contributed by atoms with Crippen molar-refractivity contribution in [2.75, 3.05) is 13.1 Å². The number of carbonyl (C=O) groups is 3. The molecule has 0 radical (unpaired) electrons. The van der Waals surface area contributed by atoms with E-state index in [9.17, 15) is 14.4 Å². The van der Waals surface area contributed by atoms with E-state index in [4.69, 9.17) is 4.42 Å². The molecule has 1 aromatic carbocycles. The Hall–Kier alpha value is -3.09. The molecule has 7 heteroatoms. The van der Waals surface area contributed by atoms with Crippen LogP contribution in [0.3, 0.4) is 0 Å². The zero-order chi connectivity index (χ0) is 20.6. The van der Waals surface area contributed by atoms with Crippen LogP contribution in [-0.4, -0.2) is 47.8 Å². The maximum Gasteiger partial charge on any atom is 0.255 e. The van der Waals surface area contributed by atoms with Crippen LogP contribution in [0.1, 0.15) is 42.1 Å². The van der Waals surface area contributed by atoms with Crippen molar-refractivity contribution in [1.29, 1.82) is 0 Å². The highest BCUT2D eigenvalue weighted by Gasteiger charge is 2.25. The molecule has 3 rings (SSSR count). The first kappa shape index (κ1) is 20.6. The van der Waals surface area contributed by atoms with Crippen molar-refractivity contribution in [3.63, 3.8) is 0 Å². The first-order valence-electron chi connectivity index (χ1n) is 9.98. The molecule has 0 aliphatic carbocycles. The Labute approximate surface area is 170 Å². The molecule has 2 heterocycles. The van der Waals surface area contributed by atoms with Gasteiger partial charge >= 0.3 is 0 Å². The summed E-state index contributed by atoms with van der Waals surface area (Å²) in [5, 5.41) is 5.63. The Kier molecular flexibility index (Phi) is 7.05. The van der Waals surface area contributed by atoms with Crippen LogP contribution < -0.4 is 10.6 Å². The largest absolute Gasteiger partial charge is 0.472 e. The van der Waals surface area contributed by atoms with Gasteiger partial charge in [-0.2, -0.15) is 0 Å². The van der Waals surface area contributed by atoms with E-state index in [1.54, 1.807) is 13.0 Å². The number of carbonyl (C=O) groups excluding carboxylic acids is 3. The summed E-state index contributed by atoms with van der Waals surface area (Å²) in [4.78, 5) is 38.7. The maximum absolute atomic E-state index is 12.4. The molecule has 7 nitrogen and oxygen atoms in total. The van der Waals surface area contributed by atoms with Crippen LogP contribution in [0.5, 0.6) is 0 Å². The summed E-state index contributed by atoms with van der Waals surface area (Å²) in [6, 6.07) is 10.9. The zero-order valence-electron chi connectivity index (χ0n) is 16.6. The molecule has 0 spiro atoms. The van der Waals surface area contributed by atoms with Gasteiger partial charge in [0, 0.05) is 25.6 Å². The minimum atomic E-state index is -0.650. The molecule has 1 saturated heterocycles. The van der Waals surface area contributed by atoms with Crippen molar-refractivity contribution in [3.05, 3.63) is 60.1 Å². The molecule has 0 unspecified atom stereocenters. The van der Waals surface area contributed by atoms with Crippen molar-refractivity contribution in [2.45, 2.75) is 44.7 Å². The Morgan fingerprint density at radius 2 is 1.86 bits per heavy atom. The van der Waals surface area contributed by atoms with Gasteiger partial charge in [0.2, 0.25) is 11.8 Å². The van der Waals surface area contributed by atoms with Crippen LogP contribution in [0.4, 0.5) is 0 Å². The number of benzene rings is 1. The number of likely N-dealkylation sites (tertiary alicyclic amines) is 1. The van der Waals surface area contributed by atoms with E-state index in [-0.39, 0.29) is 23.8 Å². The Balaban J connectivity index is 1.38. The SMILES string of the molecule is C[C@H](NC(=O)c1ccoc1)C(=O)NC1CCN(C(=O)CCc2ccccc2)CC1. The smallest absolute Gasteiger partial charge is 0.255 e. The second-order valence-electron chi connectivity index (χ2n) is 7.36. The number of hydrogen-bond donors (Lipinski definition) is 2. The first-order valence-corrected chi connectivity index (χ1v) is 9.98. The van der Waals surface area contributed by atoms with Crippen molar-refractivity contribution in [1.82, 2.24) is 15.5 Å². The average molecular weight is 397 g/mol. The average Bonchev–Trinajstić information content (AvgIpc) is 3.28. The number of amides is 3. The highest BCUT2D eigenvalue weighted by Crippen LogP contribution is 2.13. The summed E-state index contributed by atoms with van der Waals surface area (Å²) >= 11 is 0. The number of rotatable bonds is 7. The molecule has 29 heavy (non-hydrogen) atoms. The molecule has 1 aromatic heterocycles. The number of hydrogen-bond acceptors (Lipinski definition) is 4. The Morgan fingerprint density at radius 3 is 2.52 bits per heavy atom. The maximum atomic E-state index is 12.4. The van der Waals surface area contributed by atoms with Crippen LogP contribution in [0.2, 0.25) is 0 Å². The van der Waals surface area contributed by atoms with E-state index in [2.05, 4.69) is 10.6 Å². The molecule has 2 N–H and O–H groups in total. The van der Waals surface area contributed by atoms with Gasteiger partial charge in [-0.05, 0) is 37.8 Å². The van der Waals surface area contributed by atoms with Crippen molar-refractivity contribution in [3.8, 4) is 0 Å². The normalized spacial score (nSPS) is 15.6. The molecule has 3 amide bonds. The molecular weight excluding hydrogens is 370 g/mol. The van der Waals surface area contributed by atoms with E-state index < -0.39 is 6.04 Å². The fourth-order valence-corrected chi connectivity index (χ4v) is 3.39. The van der Waals surface area contributed by atoms with Gasteiger partial charge < -0.3 is 20.0 Å². The van der Waals surface area contributed by atoms with Gasteiger partial charge in [-0.25, -0.2) is 0 Å². The third kappa shape index (κ3) is 5.94. The first-order chi connectivity index (χ1) is 14.0. The van der Waals surface area contributed by atoms with E-state index in [1.807, 2.05) is 35.2 Å². The zero-order valence-corrected chi connectivity index (χ0v) is 16.6. The lowest BCUT2D eigenvalue weighted by atomic mass is 10.0. The summed E-state index contributed by atoms with van der Waals surface area (Å²) in [6.07, 6.45) is 5.41. The fourth-order valence-electron chi connectivity index (χ4n) is 3.39. The number of nitrogens with zero attached hydrogens (tertiary/aromatic N) is 1. The van der Waals surface area contributed by atoms with Gasteiger partial charge in [0.15, 0.2) is 0 Å². The predicted molar refractivity (Wildman–Crippen MR) is 108 cm³/mol. The number of nitrogens with one attached hydrogen (secondary N) is 2. The van der Waals surface area contributed by atoms with Gasteiger partial charge in [0.1, 0.15) is 12.3 Å². The quantitative estimate of drug-likeness (QED) is 0.749. The lowest BCUT2D eigenvalue weighted by molar-refractivity contribution is -0.132. The fraction of sp³-hybridized carbons (Fsp3) is 0.409. The third-order valence-corrected chi connectivity index (χ3v) is 5.19. The van der Waals surface area contributed by atoms with Gasteiger partial charge in [-0.3, -0.25) is 14.4 Å². The standard InChI is InChI=1S/C22H27N3O4/c1-16(23-22(28)18-11-14-29-15-18)21(27)24-19-9-12-25(13-10-19)20(26)8-7-17-5-3-2-4-6-17/h2-6,11,14-16,19H,7-10,12-13H2,1H3,(H,23,28)(H,24,27)/t16-/m0/s1. The summed E-state index contributed by atoms with van der Waals surface area (Å²) in [6.45, 7) is 2.91.